The van der Waals surface area contributed by atoms with Crippen molar-refractivity contribution in [2.45, 2.75) is 78.1 Å². The molecule has 18 heavy (non-hydrogen) atoms. The highest BCUT2D eigenvalue weighted by Crippen LogP contribution is 2.14. The molecule has 0 spiro atoms. The van der Waals surface area contributed by atoms with Crippen LogP contribution in [-0.2, 0) is 0 Å². The third-order valence-electron chi connectivity index (χ3n) is 2.96. The molecule has 0 aliphatic rings. The van der Waals surface area contributed by atoms with E-state index in [1.54, 1.807) is 0 Å². The van der Waals surface area contributed by atoms with Gasteiger partial charge in [0, 0.05) is 0 Å². The summed E-state index contributed by atoms with van der Waals surface area (Å²) < 4.78 is 0. The summed E-state index contributed by atoms with van der Waals surface area (Å²) >= 11 is 0. The van der Waals surface area contributed by atoms with Crippen LogP contribution in [0.5, 0.6) is 0 Å². The van der Waals surface area contributed by atoms with Crippen molar-refractivity contribution >= 4 is 42.5 Å². The molecule has 1 atom stereocenters. The van der Waals surface area contributed by atoms with Gasteiger partial charge in [0.25, 0.3) is 0 Å². The van der Waals surface area contributed by atoms with Crippen LogP contribution in [0.3, 0.4) is 0 Å². The summed E-state index contributed by atoms with van der Waals surface area (Å²) in [4.78, 5) is 0. The number of unbranched alkanes of at least 4 members (excludes halogenated alkanes) is 9. The van der Waals surface area contributed by atoms with Gasteiger partial charge in [-0.05, 0) is 18.7 Å². The predicted molar refractivity (Wildman–Crippen MR) is 101 cm³/mol. The van der Waals surface area contributed by atoms with E-state index in [4.69, 9.17) is 0 Å². The van der Waals surface area contributed by atoms with E-state index in [1.165, 1.54) is 85.1 Å². The van der Waals surface area contributed by atoms with Gasteiger partial charge in [0.1, 0.15) is 0 Å². The molecule has 0 amide bonds. The lowest BCUT2D eigenvalue weighted by molar-refractivity contribution is 0.563. The smallest absolute Gasteiger partial charge is 0.0354 e. The number of rotatable bonds is 12. The summed E-state index contributed by atoms with van der Waals surface area (Å²) in [5.41, 5.74) is 0. The molecule has 0 aromatic heterocycles. The van der Waals surface area contributed by atoms with Crippen molar-refractivity contribution in [2.75, 3.05) is 12.3 Å². The topological polar surface area (TPSA) is 35.0 Å². The molecule has 0 saturated carbocycles. The second-order valence-corrected chi connectivity index (χ2v) is 6.24. The van der Waals surface area contributed by atoms with Crippen molar-refractivity contribution in [3.8, 4) is 0 Å². The highest BCUT2D eigenvalue weighted by atomic mass is 79.9. The molecular formula is C14H36Br2NP. The SMILES string of the molecule is Br.Br.CCCCCCCCCCCCPCC.N. The third kappa shape index (κ3) is 26.0. The van der Waals surface area contributed by atoms with Crippen LogP contribution in [0, 0.1) is 0 Å². The molecular weight excluding hydrogens is 373 g/mol. The Balaban J connectivity index is -0.000000327. The van der Waals surface area contributed by atoms with E-state index in [1.807, 2.05) is 0 Å². The number of hydrogen-bond acceptors (Lipinski definition) is 1. The zero-order chi connectivity index (χ0) is 11.2. The van der Waals surface area contributed by atoms with E-state index >= 15 is 0 Å². The Morgan fingerprint density at radius 3 is 1.39 bits per heavy atom. The Morgan fingerprint density at radius 1 is 0.611 bits per heavy atom. The maximum atomic E-state index is 2.30. The van der Waals surface area contributed by atoms with Gasteiger partial charge in [-0.2, -0.15) is 0 Å². The lowest BCUT2D eigenvalue weighted by Gasteiger charge is -2.02. The van der Waals surface area contributed by atoms with E-state index < -0.39 is 0 Å². The molecule has 0 heterocycles. The zero-order valence-corrected chi connectivity index (χ0v) is 16.9. The molecule has 0 radical (unpaired) electrons. The van der Waals surface area contributed by atoms with Gasteiger partial charge in [0.05, 0.1) is 0 Å². The molecule has 0 aliphatic heterocycles. The fraction of sp³-hybridized carbons (Fsp3) is 1.00. The van der Waals surface area contributed by atoms with E-state index in [2.05, 4.69) is 13.8 Å². The lowest BCUT2D eigenvalue weighted by Crippen LogP contribution is -1.83. The highest BCUT2D eigenvalue weighted by Gasteiger charge is 1.92. The van der Waals surface area contributed by atoms with Crippen LogP contribution in [0.2, 0.25) is 0 Å². The standard InChI is InChI=1S/C14H31P.2BrH.H3N/c1-3-5-6-7-8-9-10-11-12-13-14-15-4-2;;;/h15H,3-14H2,1-2H3;2*1H;1H3. The quantitative estimate of drug-likeness (QED) is 0.276. The van der Waals surface area contributed by atoms with Crippen molar-refractivity contribution in [2.24, 2.45) is 0 Å². The monoisotopic (exact) mass is 407 g/mol. The summed E-state index contributed by atoms with van der Waals surface area (Å²) in [5.74, 6) is 0. The van der Waals surface area contributed by atoms with Gasteiger partial charge in [-0.25, -0.2) is 0 Å². The van der Waals surface area contributed by atoms with E-state index in [-0.39, 0.29) is 40.1 Å². The maximum absolute atomic E-state index is 2.30. The van der Waals surface area contributed by atoms with Crippen LogP contribution >= 0.6 is 42.5 Å². The molecule has 1 nitrogen and oxygen atoms in total. The molecule has 0 aliphatic carbocycles. The number of halogens is 2. The minimum absolute atomic E-state index is 0. The average Bonchev–Trinajstić information content (AvgIpc) is 2.26. The van der Waals surface area contributed by atoms with Gasteiger partial charge in [-0.1, -0.05) is 71.6 Å². The Morgan fingerprint density at radius 2 is 1.00 bits per heavy atom. The van der Waals surface area contributed by atoms with Crippen molar-refractivity contribution in [3.05, 3.63) is 0 Å². The lowest BCUT2D eigenvalue weighted by atomic mass is 10.1. The molecule has 0 saturated heterocycles. The summed E-state index contributed by atoms with van der Waals surface area (Å²) in [6.07, 6.45) is 17.6. The van der Waals surface area contributed by atoms with Crippen LogP contribution < -0.4 is 6.15 Å². The highest BCUT2D eigenvalue weighted by molar-refractivity contribution is 8.93. The second-order valence-electron chi connectivity index (χ2n) is 4.54. The molecule has 0 aromatic rings. The molecule has 4 heteroatoms. The van der Waals surface area contributed by atoms with Crippen LogP contribution in [0.1, 0.15) is 78.1 Å². The minimum Gasteiger partial charge on any atom is -0.344 e. The average molecular weight is 409 g/mol. The van der Waals surface area contributed by atoms with E-state index in [9.17, 15) is 0 Å². The second kappa shape index (κ2) is 26.8. The first-order valence-electron chi connectivity index (χ1n) is 7.12. The fourth-order valence-electron chi connectivity index (χ4n) is 1.91. The summed E-state index contributed by atoms with van der Waals surface area (Å²) in [6.45, 7) is 4.59. The molecule has 116 valence electrons. The van der Waals surface area contributed by atoms with Crippen LogP contribution in [0.4, 0.5) is 0 Å². The van der Waals surface area contributed by atoms with Crippen LogP contribution in [0.25, 0.3) is 0 Å². The molecule has 0 fully saturated rings. The van der Waals surface area contributed by atoms with E-state index in [0.717, 1.165) is 0 Å². The van der Waals surface area contributed by atoms with Gasteiger partial charge in [0.15, 0.2) is 0 Å². The number of hydrogen-bond donors (Lipinski definition) is 1. The van der Waals surface area contributed by atoms with Gasteiger partial charge >= 0.3 is 0 Å². The minimum atomic E-state index is 0. The van der Waals surface area contributed by atoms with Crippen molar-refractivity contribution in [1.29, 1.82) is 0 Å². The van der Waals surface area contributed by atoms with Gasteiger partial charge in [-0.15, -0.1) is 42.5 Å². The van der Waals surface area contributed by atoms with Gasteiger partial charge < -0.3 is 6.15 Å². The summed E-state index contributed by atoms with van der Waals surface area (Å²) in [7, 11) is 1.23. The van der Waals surface area contributed by atoms with Crippen molar-refractivity contribution in [3.63, 3.8) is 0 Å². The van der Waals surface area contributed by atoms with Gasteiger partial charge in [-0.3, -0.25) is 0 Å². The molecule has 0 rings (SSSR count). The molecule has 3 N–H and O–H groups in total. The Bertz CT molecular complexity index is 104. The zero-order valence-electron chi connectivity index (χ0n) is 12.5. The summed E-state index contributed by atoms with van der Waals surface area (Å²) in [6, 6.07) is 0. The fourth-order valence-corrected chi connectivity index (χ4v) is 2.77. The Kier molecular flexibility index (Phi) is 41.2. The third-order valence-corrected chi connectivity index (χ3v) is 4.16. The maximum Gasteiger partial charge on any atom is -0.0354 e. The summed E-state index contributed by atoms with van der Waals surface area (Å²) in [5, 5.41) is 0. The first-order chi connectivity index (χ1) is 7.41. The Labute approximate surface area is 139 Å². The van der Waals surface area contributed by atoms with Crippen molar-refractivity contribution in [1.82, 2.24) is 6.15 Å². The largest absolute Gasteiger partial charge is 0.344 e. The van der Waals surface area contributed by atoms with Crippen LogP contribution in [0.15, 0.2) is 0 Å². The van der Waals surface area contributed by atoms with Gasteiger partial charge in [0.2, 0.25) is 0 Å². The van der Waals surface area contributed by atoms with E-state index in [0.29, 0.717) is 0 Å². The molecule has 0 aromatic carbocycles. The normalized spacial score (nSPS) is 9.67. The van der Waals surface area contributed by atoms with Crippen LogP contribution in [-0.4, -0.2) is 12.3 Å². The predicted octanol–water partition coefficient (Wildman–Crippen LogP) is 6.92. The Hall–Kier alpha value is 1.35. The molecule has 1 unspecified atom stereocenters. The van der Waals surface area contributed by atoms with Crippen molar-refractivity contribution < 1.29 is 0 Å². The molecule has 0 bridgehead atoms. The first kappa shape index (κ1) is 27.7. The first-order valence-corrected chi connectivity index (χ1v) is 8.54.